The number of aliphatic hydroxyl groups is 2. The van der Waals surface area contributed by atoms with Gasteiger partial charge >= 0.3 is 5.69 Å². The van der Waals surface area contributed by atoms with Crippen molar-refractivity contribution in [1.82, 2.24) is 9.97 Å². The average Bonchev–Trinajstić information content (AvgIpc) is 2.33. The Morgan fingerprint density at radius 2 is 2.00 bits per heavy atom. The van der Waals surface area contributed by atoms with Gasteiger partial charge in [-0.25, -0.2) is 9.97 Å². The van der Waals surface area contributed by atoms with E-state index in [2.05, 4.69) is 15.3 Å². The largest absolute Gasteiger partial charge is 0.391 e. The lowest BCUT2D eigenvalue weighted by Crippen LogP contribution is -2.46. The maximum absolute atomic E-state index is 10.9. The Kier molecular flexibility index (Phi) is 3.76. The first kappa shape index (κ1) is 13.4. The van der Waals surface area contributed by atoms with E-state index in [1.807, 2.05) is 0 Å². The number of nitrogens with two attached hydrogens (primary N) is 1. The van der Waals surface area contributed by atoms with E-state index in [-0.39, 0.29) is 11.6 Å². The third-order valence-corrected chi connectivity index (χ3v) is 3.17. The molecule has 1 aliphatic carbocycles. The molecule has 0 aliphatic heterocycles. The fourth-order valence-electron chi connectivity index (χ4n) is 2.18. The van der Waals surface area contributed by atoms with Crippen molar-refractivity contribution in [1.29, 1.82) is 0 Å². The quantitative estimate of drug-likeness (QED) is 0.430. The van der Waals surface area contributed by atoms with Gasteiger partial charge in [0.1, 0.15) is 6.33 Å². The van der Waals surface area contributed by atoms with Crippen molar-refractivity contribution in [3.05, 3.63) is 16.4 Å². The van der Waals surface area contributed by atoms with E-state index in [0.717, 1.165) is 6.33 Å². The second kappa shape index (κ2) is 5.33. The molecular weight excluding hydrogens is 254 g/mol. The van der Waals surface area contributed by atoms with Crippen molar-refractivity contribution in [2.45, 2.75) is 37.5 Å². The van der Waals surface area contributed by atoms with Crippen LogP contribution in [0.15, 0.2) is 6.33 Å². The third-order valence-electron chi connectivity index (χ3n) is 3.17. The van der Waals surface area contributed by atoms with Crippen LogP contribution in [0.4, 0.5) is 17.3 Å². The highest BCUT2D eigenvalue weighted by molar-refractivity contribution is 5.67. The summed E-state index contributed by atoms with van der Waals surface area (Å²) in [5, 5.41) is 33.3. The molecule has 9 heteroatoms. The first-order chi connectivity index (χ1) is 9.00. The molecule has 0 spiro atoms. The number of nitrogen functional groups attached to an aromatic ring is 1. The Balaban J connectivity index is 2.27. The minimum atomic E-state index is -0.792. The summed E-state index contributed by atoms with van der Waals surface area (Å²) in [4.78, 5) is 17.5. The summed E-state index contributed by atoms with van der Waals surface area (Å²) in [5.74, 6) is -0.357. The van der Waals surface area contributed by atoms with Gasteiger partial charge in [0.15, 0.2) is 0 Å². The van der Waals surface area contributed by atoms with Gasteiger partial charge in [0.05, 0.1) is 23.2 Å². The van der Waals surface area contributed by atoms with Crippen LogP contribution in [0.2, 0.25) is 0 Å². The molecule has 0 amide bonds. The normalized spacial score (nSPS) is 26.9. The van der Waals surface area contributed by atoms with Gasteiger partial charge < -0.3 is 21.3 Å². The van der Waals surface area contributed by atoms with Gasteiger partial charge in [0, 0.05) is 0 Å². The molecule has 1 saturated carbocycles. The lowest BCUT2D eigenvalue weighted by atomic mass is 9.90. The number of rotatable bonds is 3. The van der Waals surface area contributed by atoms with Crippen LogP contribution >= 0.6 is 0 Å². The summed E-state index contributed by atoms with van der Waals surface area (Å²) < 4.78 is 0. The standard InChI is InChI=1S/C10H15N5O4/c11-9-8(15(18)19)10(13-4-12-9)14-7-5(16)2-1-3-6(7)17/h4-7,16-17H,1-3H2,(H3,11,12,13,14)/t5-,6+,7?. The first-order valence-corrected chi connectivity index (χ1v) is 5.88. The van der Waals surface area contributed by atoms with Gasteiger partial charge in [-0.05, 0) is 19.3 Å². The number of aliphatic hydroxyl groups excluding tert-OH is 2. The number of anilines is 2. The lowest BCUT2D eigenvalue weighted by molar-refractivity contribution is -0.383. The summed E-state index contributed by atoms with van der Waals surface area (Å²) in [6.07, 6.45) is 1.24. The molecule has 0 saturated heterocycles. The van der Waals surface area contributed by atoms with Crippen LogP contribution in [0.1, 0.15) is 19.3 Å². The van der Waals surface area contributed by atoms with E-state index in [9.17, 15) is 20.3 Å². The van der Waals surface area contributed by atoms with E-state index in [1.54, 1.807) is 0 Å². The molecule has 1 unspecified atom stereocenters. The number of nitrogens with one attached hydrogen (secondary N) is 1. The van der Waals surface area contributed by atoms with Crippen molar-refractivity contribution in [3.8, 4) is 0 Å². The molecule has 1 heterocycles. The van der Waals surface area contributed by atoms with E-state index in [0.29, 0.717) is 19.3 Å². The summed E-state index contributed by atoms with van der Waals surface area (Å²) >= 11 is 0. The Bertz CT molecular complexity index is 473. The molecule has 9 nitrogen and oxygen atoms in total. The Hall–Kier alpha value is -2.00. The van der Waals surface area contributed by atoms with Gasteiger partial charge in [-0.1, -0.05) is 0 Å². The molecule has 0 aromatic carbocycles. The van der Waals surface area contributed by atoms with Crippen LogP contribution < -0.4 is 11.1 Å². The predicted molar refractivity (Wildman–Crippen MR) is 66.4 cm³/mol. The molecule has 1 fully saturated rings. The van der Waals surface area contributed by atoms with E-state index >= 15 is 0 Å². The molecule has 0 radical (unpaired) electrons. The van der Waals surface area contributed by atoms with Crippen LogP contribution in [-0.4, -0.2) is 43.4 Å². The monoisotopic (exact) mass is 269 g/mol. The topological polar surface area (TPSA) is 147 Å². The SMILES string of the molecule is Nc1ncnc(NC2[C@H](O)CCC[C@@H]2O)c1[N+](=O)[O-]. The van der Waals surface area contributed by atoms with Gasteiger partial charge in [-0.15, -0.1) is 0 Å². The molecular formula is C10H15N5O4. The highest BCUT2D eigenvalue weighted by atomic mass is 16.6. The second-order valence-electron chi connectivity index (χ2n) is 4.45. The van der Waals surface area contributed by atoms with Crippen molar-refractivity contribution >= 4 is 17.3 Å². The lowest BCUT2D eigenvalue weighted by Gasteiger charge is -2.32. The Morgan fingerprint density at radius 1 is 1.37 bits per heavy atom. The van der Waals surface area contributed by atoms with Gasteiger partial charge in [0.25, 0.3) is 0 Å². The highest BCUT2D eigenvalue weighted by Gasteiger charge is 2.33. The summed E-state index contributed by atoms with van der Waals surface area (Å²) in [6.45, 7) is 0. The zero-order chi connectivity index (χ0) is 14.0. The molecule has 1 aromatic rings. The number of hydrogen-bond donors (Lipinski definition) is 4. The van der Waals surface area contributed by atoms with Crippen LogP contribution in [0, 0.1) is 10.1 Å². The van der Waals surface area contributed by atoms with Crippen LogP contribution in [-0.2, 0) is 0 Å². The van der Waals surface area contributed by atoms with Crippen molar-refractivity contribution < 1.29 is 15.1 Å². The average molecular weight is 269 g/mol. The fraction of sp³-hybridized carbons (Fsp3) is 0.600. The molecule has 1 aliphatic rings. The smallest absolute Gasteiger partial charge is 0.352 e. The first-order valence-electron chi connectivity index (χ1n) is 5.88. The predicted octanol–water partition coefficient (Wildman–Crippen LogP) is -0.347. The van der Waals surface area contributed by atoms with Crippen molar-refractivity contribution in [2.75, 3.05) is 11.1 Å². The summed E-state index contributed by atoms with van der Waals surface area (Å²) in [6, 6.07) is -0.707. The minimum Gasteiger partial charge on any atom is -0.391 e. The van der Waals surface area contributed by atoms with E-state index in [4.69, 9.17) is 5.73 Å². The van der Waals surface area contributed by atoms with E-state index in [1.165, 1.54) is 0 Å². The van der Waals surface area contributed by atoms with Gasteiger partial charge in [-0.2, -0.15) is 0 Å². The Labute approximate surface area is 108 Å². The van der Waals surface area contributed by atoms with Crippen LogP contribution in [0.3, 0.4) is 0 Å². The van der Waals surface area contributed by atoms with Crippen molar-refractivity contribution in [3.63, 3.8) is 0 Å². The van der Waals surface area contributed by atoms with Crippen molar-refractivity contribution in [2.24, 2.45) is 0 Å². The maximum Gasteiger partial charge on any atom is 0.352 e. The number of hydrogen-bond acceptors (Lipinski definition) is 8. The minimum absolute atomic E-state index is 0.0949. The number of nitrogens with zero attached hydrogens (tertiary/aromatic N) is 3. The summed E-state index contributed by atoms with van der Waals surface area (Å²) in [5.41, 5.74) is 4.99. The molecule has 2 rings (SSSR count). The molecule has 3 atom stereocenters. The Morgan fingerprint density at radius 3 is 2.58 bits per heavy atom. The summed E-state index contributed by atoms with van der Waals surface area (Å²) in [7, 11) is 0. The number of nitro groups is 1. The molecule has 5 N–H and O–H groups in total. The third kappa shape index (κ3) is 2.71. The van der Waals surface area contributed by atoms with Gasteiger partial charge in [0.2, 0.25) is 11.6 Å². The molecule has 0 bridgehead atoms. The van der Waals surface area contributed by atoms with Crippen LogP contribution in [0.5, 0.6) is 0 Å². The van der Waals surface area contributed by atoms with Gasteiger partial charge in [-0.3, -0.25) is 10.1 Å². The van der Waals surface area contributed by atoms with E-state index < -0.39 is 28.9 Å². The molecule has 19 heavy (non-hydrogen) atoms. The van der Waals surface area contributed by atoms with Crippen LogP contribution in [0.25, 0.3) is 0 Å². The fourth-order valence-corrected chi connectivity index (χ4v) is 2.18. The molecule has 1 aromatic heterocycles. The zero-order valence-corrected chi connectivity index (χ0v) is 10.1. The highest BCUT2D eigenvalue weighted by Crippen LogP contribution is 2.29. The second-order valence-corrected chi connectivity index (χ2v) is 4.45. The maximum atomic E-state index is 10.9. The molecule has 104 valence electrons. The number of aromatic nitrogens is 2. The zero-order valence-electron chi connectivity index (χ0n) is 10.1.